The van der Waals surface area contributed by atoms with Crippen LogP contribution in [-0.2, 0) is 22.6 Å². The lowest BCUT2D eigenvalue weighted by atomic mass is 10.1. The molecule has 4 nitrogen and oxygen atoms in total. The van der Waals surface area contributed by atoms with Gasteiger partial charge in [-0.05, 0) is 11.1 Å². The highest BCUT2D eigenvalue weighted by Crippen LogP contribution is 2.15. The van der Waals surface area contributed by atoms with Gasteiger partial charge in [-0.25, -0.2) is 0 Å². The van der Waals surface area contributed by atoms with E-state index in [4.69, 9.17) is 4.74 Å². The molecule has 126 valence electrons. The summed E-state index contributed by atoms with van der Waals surface area (Å²) < 4.78 is 5.58. The lowest BCUT2D eigenvalue weighted by Gasteiger charge is -2.36. The third kappa shape index (κ3) is 4.22. The summed E-state index contributed by atoms with van der Waals surface area (Å²) in [4.78, 5) is 16.9. The van der Waals surface area contributed by atoms with Gasteiger partial charge >= 0.3 is 0 Å². The Bertz CT molecular complexity index is 645. The van der Waals surface area contributed by atoms with Crippen LogP contribution in [0.3, 0.4) is 0 Å². The van der Waals surface area contributed by atoms with Crippen molar-refractivity contribution >= 4 is 5.91 Å². The Kier molecular flexibility index (Phi) is 5.62. The van der Waals surface area contributed by atoms with E-state index in [-0.39, 0.29) is 11.9 Å². The van der Waals surface area contributed by atoms with Gasteiger partial charge in [0.25, 0.3) is 0 Å². The predicted octanol–water partition coefficient (Wildman–Crippen LogP) is 2.55. The number of nitrogens with zero attached hydrogens (tertiary/aromatic N) is 2. The number of carbonyl (C=O) groups excluding carboxylic acids is 1. The maximum Gasteiger partial charge on any atom is 0.242 e. The van der Waals surface area contributed by atoms with Crippen LogP contribution < -0.4 is 0 Å². The van der Waals surface area contributed by atoms with Crippen LogP contribution >= 0.6 is 0 Å². The smallest absolute Gasteiger partial charge is 0.242 e. The third-order valence-electron chi connectivity index (χ3n) is 4.39. The summed E-state index contributed by atoms with van der Waals surface area (Å²) in [6, 6.07) is 20.1. The highest BCUT2D eigenvalue weighted by molar-refractivity contribution is 5.82. The molecule has 2 aromatic carbocycles. The van der Waals surface area contributed by atoms with Crippen molar-refractivity contribution < 1.29 is 9.53 Å². The summed E-state index contributed by atoms with van der Waals surface area (Å²) in [6.07, 6.45) is 0. The van der Waals surface area contributed by atoms with Crippen LogP contribution in [0.4, 0.5) is 0 Å². The molecular formula is C20H24N2O2. The number of benzene rings is 2. The van der Waals surface area contributed by atoms with Crippen molar-refractivity contribution in [3.63, 3.8) is 0 Å². The fourth-order valence-corrected chi connectivity index (χ4v) is 3.06. The molecule has 24 heavy (non-hydrogen) atoms. The van der Waals surface area contributed by atoms with Gasteiger partial charge in [-0.15, -0.1) is 0 Å². The summed E-state index contributed by atoms with van der Waals surface area (Å²) >= 11 is 0. The van der Waals surface area contributed by atoms with E-state index in [0.717, 1.165) is 18.7 Å². The highest BCUT2D eigenvalue weighted by atomic mass is 16.5. The first kappa shape index (κ1) is 16.7. The standard InChI is InChI=1S/C20H24N2O2/c1-21(14-17-8-4-2-5-9-17)20(23)19-16-24-13-12-22(19)15-18-10-6-3-7-11-18/h2-11,19H,12-16H2,1H3/t19-/m1/s1. The normalized spacial score (nSPS) is 18.3. The fraction of sp³-hybridized carbons (Fsp3) is 0.350. The van der Waals surface area contributed by atoms with Gasteiger partial charge in [-0.3, -0.25) is 9.69 Å². The topological polar surface area (TPSA) is 32.8 Å². The number of morpholine rings is 1. The molecule has 1 atom stereocenters. The molecule has 3 rings (SSSR count). The second-order valence-electron chi connectivity index (χ2n) is 6.23. The summed E-state index contributed by atoms with van der Waals surface area (Å²) in [6.45, 7) is 3.32. The summed E-state index contributed by atoms with van der Waals surface area (Å²) in [7, 11) is 1.87. The van der Waals surface area contributed by atoms with Gasteiger partial charge in [-0.2, -0.15) is 0 Å². The van der Waals surface area contributed by atoms with E-state index in [2.05, 4.69) is 17.0 Å². The molecule has 1 saturated heterocycles. The highest BCUT2D eigenvalue weighted by Gasteiger charge is 2.31. The van der Waals surface area contributed by atoms with E-state index in [9.17, 15) is 4.79 Å². The van der Waals surface area contributed by atoms with E-state index < -0.39 is 0 Å². The van der Waals surface area contributed by atoms with E-state index >= 15 is 0 Å². The van der Waals surface area contributed by atoms with Crippen LogP contribution in [0.1, 0.15) is 11.1 Å². The number of rotatable bonds is 5. The summed E-state index contributed by atoms with van der Waals surface area (Å²) in [5.74, 6) is 0.120. The quantitative estimate of drug-likeness (QED) is 0.847. The molecule has 1 fully saturated rings. The fourth-order valence-electron chi connectivity index (χ4n) is 3.06. The third-order valence-corrected chi connectivity index (χ3v) is 4.39. The van der Waals surface area contributed by atoms with E-state index in [1.807, 2.05) is 55.6 Å². The molecule has 0 unspecified atom stereocenters. The zero-order chi connectivity index (χ0) is 16.8. The van der Waals surface area contributed by atoms with Crippen molar-refractivity contribution in [1.82, 2.24) is 9.80 Å². The van der Waals surface area contributed by atoms with E-state index in [1.165, 1.54) is 5.56 Å². The van der Waals surface area contributed by atoms with Gasteiger partial charge in [0.1, 0.15) is 6.04 Å². The Balaban J connectivity index is 1.66. The number of carbonyl (C=O) groups is 1. The van der Waals surface area contributed by atoms with Crippen LogP contribution in [0.2, 0.25) is 0 Å². The molecule has 0 radical (unpaired) electrons. The van der Waals surface area contributed by atoms with Gasteiger partial charge in [0.15, 0.2) is 0 Å². The van der Waals surface area contributed by atoms with Crippen LogP contribution in [0, 0.1) is 0 Å². The number of hydrogen-bond donors (Lipinski definition) is 0. The SMILES string of the molecule is CN(Cc1ccccc1)C(=O)[C@H]1COCCN1Cc1ccccc1. The molecule has 0 aliphatic carbocycles. The first-order chi connectivity index (χ1) is 11.7. The Morgan fingerprint density at radius 3 is 2.38 bits per heavy atom. The molecule has 0 aromatic heterocycles. The molecule has 1 aliphatic rings. The number of hydrogen-bond acceptors (Lipinski definition) is 3. The maximum absolute atomic E-state index is 12.9. The van der Waals surface area contributed by atoms with Crippen LogP contribution in [0.5, 0.6) is 0 Å². The van der Waals surface area contributed by atoms with Gasteiger partial charge in [0, 0.05) is 26.7 Å². The zero-order valence-electron chi connectivity index (χ0n) is 14.1. The second-order valence-corrected chi connectivity index (χ2v) is 6.23. The molecule has 4 heteroatoms. The molecular weight excluding hydrogens is 300 g/mol. The van der Waals surface area contributed by atoms with E-state index in [0.29, 0.717) is 19.8 Å². The Morgan fingerprint density at radius 2 is 1.71 bits per heavy atom. The maximum atomic E-state index is 12.9. The van der Waals surface area contributed by atoms with Crippen molar-refractivity contribution in [2.45, 2.75) is 19.1 Å². The lowest BCUT2D eigenvalue weighted by Crippen LogP contribution is -2.53. The molecule has 0 bridgehead atoms. The van der Waals surface area contributed by atoms with Crippen LogP contribution in [0.25, 0.3) is 0 Å². The number of ether oxygens (including phenoxy) is 1. The number of amides is 1. The van der Waals surface area contributed by atoms with Gasteiger partial charge in [-0.1, -0.05) is 60.7 Å². The van der Waals surface area contributed by atoms with Crippen molar-refractivity contribution in [2.75, 3.05) is 26.8 Å². The molecule has 1 heterocycles. The summed E-state index contributed by atoms with van der Waals surface area (Å²) in [5.41, 5.74) is 2.36. The van der Waals surface area contributed by atoms with Crippen LogP contribution in [-0.4, -0.2) is 48.6 Å². The van der Waals surface area contributed by atoms with Gasteiger partial charge in [0.2, 0.25) is 5.91 Å². The molecule has 0 spiro atoms. The molecule has 2 aromatic rings. The molecule has 1 amide bonds. The van der Waals surface area contributed by atoms with Crippen LogP contribution in [0.15, 0.2) is 60.7 Å². The Morgan fingerprint density at radius 1 is 1.08 bits per heavy atom. The van der Waals surface area contributed by atoms with Crippen molar-refractivity contribution in [3.05, 3.63) is 71.8 Å². The average molecular weight is 324 g/mol. The van der Waals surface area contributed by atoms with Gasteiger partial charge < -0.3 is 9.64 Å². The van der Waals surface area contributed by atoms with Crippen molar-refractivity contribution in [1.29, 1.82) is 0 Å². The average Bonchev–Trinajstić information content (AvgIpc) is 2.63. The largest absolute Gasteiger partial charge is 0.378 e. The first-order valence-corrected chi connectivity index (χ1v) is 8.38. The minimum absolute atomic E-state index is 0.120. The molecule has 0 N–H and O–H groups in total. The monoisotopic (exact) mass is 324 g/mol. The minimum atomic E-state index is -0.215. The minimum Gasteiger partial charge on any atom is -0.378 e. The van der Waals surface area contributed by atoms with E-state index in [1.54, 1.807) is 4.90 Å². The predicted molar refractivity (Wildman–Crippen MR) is 94.4 cm³/mol. The summed E-state index contributed by atoms with van der Waals surface area (Å²) in [5, 5.41) is 0. The second kappa shape index (κ2) is 8.08. The van der Waals surface area contributed by atoms with Crippen molar-refractivity contribution in [3.8, 4) is 0 Å². The first-order valence-electron chi connectivity index (χ1n) is 8.38. The Labute approximate surface area is 143 Å². The number of likely N-dealkylation sites (N-methyl/N-ethyl adjacent to an activating group) is 1. The van der Waals surface area contributed by atoms with Gasteiger partial charge in [0.05, 0.1) is 13.2 Å². The zero-order valence-corrected chi connectivity index (χ0v) is 14.1. The molecule has 0 saturated carbocycles. The molecule has 1 aliphatic heterocycles. The van der Waals surface area contributed by atoms with Crippen molar-refractivity contribution in [2.24, 2.45) is 0 Å². The Hall–Kier alpha value is -2.17. The lowest BCUT2D eigenvalue weighted by molar-refractivity contribution is -0.142.